The number of rotatable bonds is 8. The van der Waals surface area contributed by atoms with E-state index in [4.69, 9.17) is 22.8 Å². The minimum atomic E-state index is -4.79. The van der Waals surface area contributed by atoms with Gasteiger partial charge in [-0.2, -0.15) is 17.6 Å². The standard InChI is InChI=1S/C26H26ClF5N2O.C2H4O/c1-7-17-10-20(27)11-19(22(17)28)12-21-23(26(31,32)25(6,29)30)33-14-34(24(21)35)13-18(16(4)5)9-8-15(2)3;1-2-3/h1,8-11,14,16H,12-13H2,2-6H3;2H,1H3/b18-9-;. The zero-order chi connectivity index (χ0) is 29.4. The van der Waals surface area contributed by atoms with E-state index < -0.39 is 40.9 Å². The predicted octanol–water partition coefficient (Wildman–Crippen LogP) is 7.11. The van der Waals surface area contributed by atoms with Gasteiger partial charge in [0.2, 0.25) is 0 Å². The first kappa shape index (κ1) is 32.8. The molecule has 4 nitrogen and oxygen atoms in total. The number of hydrogen-bond donors (Lipinski definition) is 0. The Labute approximate surface area is 224 Å². The number of carbonyl (C=O) groups is 1. The summed E-state index contributed by atoms with van der Waals surface area (Å²) in [6.45, 7) is 8.97. The number of allylic oxidation sites excluding steroid dienone is 4. The van der Waals surface area contributed by atoms with Crippen molar-refractivity contribution >= 4 is 17.9 Å². The van der Waals surface area contributed by atoms with Crippen molar-refractivity contribution in [3.63, 3.8) is 0 Å². The van der Waals surface area contributed by atoms with Crippen molar-refractivity contribution < 1.29 is 26.7 Å². The number of alkyl halides is 4. The number of hydrogen-bond acceptors (Lipinski definition) is 3. The molecule has 0 saturated carbocycles. The summed E-state index contributed by atoms with van der Waals surface area (Å²) in [7, 11) is 0. The summed E-state index contributed by atoms with van der Waals surface area (Å²) in [5, 5.41) is -0.000512. The molecular formula is C28H30ClF5N2O2. The quantitative estimate of drug-likeness (QED) is 0.151. The van der Waals surface area contributed by atoms with Crippen LogP contribution in [0.15, 0.2) is 46.6 Å². The number of carbonyl (C=O) groups excluding carboxylic acids is 1. The molecule has 0 radical (unpaired) electrons. The lowest BCUT2D eigenvalue weighted by molar-refractivity contribution is -0.207. The first-order valence-corrected chi connectivity index (χ1v) is 11.9. The van der Waals surface area contributed by atoms with Crippen molar-refractivity contribution in [2.45, 2.75) is 66.4 Å². The molecule has 0 spiro atoms. The second-order valence-electron chi connectivity index (χ2n) is 9.09. The predicted molar refractivity (Wildman–Crippen MR) is 139 cm³/mol. The summed E-state index contributed by atoms with van der Waals surface area (Å²) in [5.74, 6) is -8.22. The maximum absolute atomic E-state index is 14.8. The number of nitrogens with zero attached hydrogens (tertiary/aromatic N) is 2. The van der Waals surface area contributed by atoms with E-state index in [-0.39, 0.29) is 35.5 Å². The molecule has 0 amide bonds. The Balaban J connectivity index is 0.00000229. The molecule has 0 atom stereocenters. The third-order valence-corrected chi connectivity index (χ3v) is 5.56. The van der Waals surface area contributed by atoms with Gasteiger partial charge in [0.05, 0.1) is 11.9 Å². The first-order chi connectivity index (χ1) is 17.5. The molecule has 0 N–H and O–H groups in total. The highest BCUT2D eigenvalue weighted by molar-refractivity contribution is 6.30. The Bertz CT molecular complexity index is 1310. The van der Waals surface area contributed by atoms with Crippen LogP contribution in [-0.2, 0) is 23.7 Å². The van der Waals surface area contributed by atoms with Crippen LogP contribution in [0.3, 0.4) is 0 Å². The van der Waals surface area contributed by atoms with E-state index in [9.17, 15) is 26.7 Å². The van der Waals surface area contributed by atoms with Crippen LogP contribution >= 0.6 is 11.6 Å². The normalized spacial score (nSPS) is 11.9. The Morgan fingerprint density at radius 1 is 1.21 bits per heavy atom. The van der Waals surface area contributed by atoms with Crippen molar-refractivity contribution in [3.05, 3.63) is 85.3 Å². The van der Waals surface area contributed by atoms with Gasteiger partial charge in [0.1, 0.15) is 17.8 Å². The SMILES string of the molecule is C#Cc1cc(Cl)cc(Cc2c(C(F)(F)C(C)(F)F)ncn(C/C(=C/C=C(C)C)C(C)C)c2=O)c1F.CC=O. The van der Waals surface area contributed by atoms with Crippen molar-refractivity contribution in [2.75, 3.05) is 0 Å². The van der Waals surface area contributed by atoms with Gasteiger partial charge in [-0.15, -0.1) is 6.42 Å². The van der Waals surface area contributed by atoms with E-state index in [1.807, 2.05) is 33.8 Å². The highest BCUT2D eigenvalue weighted by Gasteiger charge is 2.56. The average Bonchev–Trinajstić information content (AvgIpc) is 2.80. The van der Waals surface area contributed by atoms with Crippen LogP contribution < -0.4 is 5.56 Å². The minimum Gasteiger partial charge on any atom is -0.304 e. The fraction of sp³-hybridized carbons (Fsp3) is 0.393. The summed E-state index contributed by atoms with van der Waals surface area (Å²) < 4.78 is 73.1. The summed E-state index contributed by atoms with van der Waals surface area (Å²) in [4.78, 5) is 25.7. The number of aldehydes is 1. The van der Waals surface area contributed by atoms with E-state index in [0.29, 0.717) is 0 Å². The summed E-state index contributed by atoms with van der Waals surface area (Å²) in [5.41, 5.74) is -1.97. The minimum absolute atomic E-state index is 0.000512. The number of terminal acetylenes is 1. The second-order valence-corrected chi connectivity index (χ2v) is 9.53. The molecule has 0 saturated heterocycles. The molecule has 0 aliphatic heterocycles. The Morgan fingerprint density at radius 3 is 2.26 bits per heavy atom. The van der Waals surface area contributed by atoms with Gasteiger partial charge < -0.3 is 4.79 Å². The van der Waals surface area contributed by atoms with Crippen LogP contribution in [0.25, 0.3) is 0 Å². The highest BCUT2D eigenvalue weighted by atomic mass is 35.5. The van der Waals surface area contributed by atoms with E-state index in [2.05, 4.69) is 10.9 Å². The smallest absolute Gasteiger partial charge is 0.304 e. The van der Waals surface area contributed by atoms with Crippen LogP contribution in [-0.4, -0.2) is 21.8 Å². The Hall–Kier alpha value is -3.25. The molecule has 0 fully saturated rings. The molecule has 0 aliphatic carbocycles. The molecule has 1 heterocycles. The van der Waals surface area contributed by atoms with Gasteiger partial charge in [0.25, 0.3) is 5.56 Å². The lowest BCUT2D eigenvalue weighted by atomic mass is 9.97. The van der Waals surface area contributed by atoms with Crippen LogP contribution in [0, 0.1) is 24.1 Å². The number of benzene rings is 1. The average molecular weight is 557 g/mol. The van der Waals surface area contributed by atoms with E-state index >= 15 is 0 Å². The third kappa shape index (κ3) is 8.12. The van der Waals surface area contributed by atoms with Crippen LogP contribution in [0.2, 0.25) is 5.02 Å². The van der Waals surface area contributed by atoms with Crippen molar-refractivity contribution in [2.24, 2.45) is 5.92 Å². The maximum Gasteiger partial charge on any atom is 0.351 e. The topological polar surface area (TPSA) is 52.0 Å². The van der Waals surface area contributed by atoms with Gasteiger partial charge in [-0.3, -0.25) is 9.36 Å². The fourth-order valence-electron chi connectivity index (χ4n) is 3.25. The molecular weight excluding hydrogens is 527 g/mol. The zero-order valence-corrected chi connectivity index (χ0v) is 22.8. The molecule has 2 aromatic rings. The molecule has 0 unspecified atom stereocenters. The lowest BCUT2D eigenvalue weighted by Crippen LogP contribution is -2.40. The Kier molecular flexibility index (Phi) is 11.7. The molecule has 1 aromatic heterocycles. The fourth-order valence-corrected chi connectivity index (χ4v) is 3.49. The number of halogens is 6. The molecule has 38 heavy (non-hydrogen) atoms. The van der Waals surface area contributed by atoms with Crippen molar-refractivity contribution in [3.8, 4) is 12.3 Å². The van der Waals surface area contributed by atoms with Gasteiger partial charge in [-0.05, 0) is 50.0 Å². The van der Waals surface area contributed by atoms with Crippen LogP contribution in [0.1, 0.15) is 63.9 Å². The molecule has 0 aliphatic rings. The van der Waals surface area contributed by atoms with E-state index in [1.54, 1.807) is 6.08 Å². The van der Waals surface area contributed by atoms with Crippen molar-refractivity contribution in [1.29, 1.82) is 0 Å². The molecule has 0 bridgehead atoms. The van der Waals surface area contributed by atoms with Crippen LogP contribution in [0.4, 0.5) is 22.0 Å². The monoisotopic (exact) mass is 556 g/mol. The largest absolute Gasteiger partial charge is 0.351 e. The number of aromatic nitrogens is 2. The summed E-state index contributed by atoms with van der Waals surface area (Å²) >= 11 is 5.96. The Morgan fingerprint density at radius 2 is 1.79 bits per heavy atom. The van der Waals surface area contributed by atoms with Gasteiger partial charge in [0, 0.05) is 30.5 Å². The molecule has 1 aromatic carbocycles. The molecule has 2 rings (SSSR count). The maximum atomic E-state index is 14.8. The lowest BCUT2D eigenvalue weighted by Gasteiger charge is -2.25. The molecule has 206 valence electrons. The van der Waals surface area contributed by atoms with Gasteiger partial charge in [-0.25, -0.2) is 9.37 Å². The second kappa shape index (κ2) is 13.5. The molecule has 10 heteroatoms. The van der Waals surface area contributed by atoms with Gasteiger partial charge in [-0.1, -0.05) is 49.1 Å². The zero-order valence-electron chi connectivity index (χ0n) is 22.0. The van der Waals surface area contributed by atoms with Crippen molar-refractivity contribution in [1.82, 2.24) is 9.55 Å². The van der Waals surface area contributed by atoms with E-state index in [1.165, 1.54) is 6.92 Å². The first-order valence-electron chi connectivity index (χ1n) is 11.5. The van der Waals surface area contributed by atoms with Crippen LogP contribution in [0.5, 0.6) is 0 Å². The van der Waals surface area contributed by atoms with E-state index in [0.717, 1.165) is 40.5 Å². The third-order valence-electron chi connectivity index (χ3n) is 5.34. The summed E-state index contributed by atoms with van der Waals surface area (Å²) in [6, 6.07) is 2.26. The summed E-state index contributed by atoms with van der Waals surface area (Å²) in [6.07, 6.45) is 9.69. The van der Waals surface area contributed by atoms with Gasteiger partial charge in [0.15, 0.2) is 0 Å². The van der Waals surface area contributed by atoms with Gasteiger partial charge >= 0.3 is 11.8 Å². The highest BCUT2D eigenvalue weighted by Crippen LogP contribution is 2.42.